The van der Waals surface area contributed by atoms with Crippen molar-refractivity contribution in [2.24, 2.45) is 5.10 Å². The molecule has 1 heterocycles. The van der Waals surface area contributed by atoms with E-state index < -0.39 is 5.91 Å². The number of ether oxygens (including phenoxy) is 1. The Morgan fingerprint density at radius 1 is 1.21 bits per heavy atom. The smallest absolute Gasteiger partial charge is 0.292 e. The molecule has 3 rings (SSSR count). The van der Waals surface area contributed by atoms with Crippen LogP contribution < -0.4 is 15.7 Å². The maximum Gasteiger partial charge on any atom is 0.292 e. The number of carbonyl (C=O) groups is 1. The number of aromatic amines is 1. The predicted octanol–water partition coefficient (Wildman–Crippen LogP) is 1.70. The van der Waals surface area contributed by atoms with Gasteiger partial charge in [-0.2, -0.15) is 10.2 Å². The summed E-state index contributed by atoms with van der Waals surface area (Å²) in [5, 5.41) is 10.9. The van der Waals surface area contributed by atoms with Crippen molar-refractivity contribution in [2.45, 2.75) is 0 Å². The topological polar surface area (TPSA) is 96.4 Å². The summed E-state index contributed by atoms with van der Waals surface area (Å²) in [6, 6.07) is 14.0. The Kier molecular flexibility index (Phi) is 4.33. The fourth-order valence-electron chi connectivity index (χ4n) is 2.23. The molecule has 0 aliphatic rings. The highest BCUT2D eigenvalue weighted by molar-refractivity contribution is 6.04. The molecule has 0 spiro atoms. The summed E-state index contributed by atoms with van der Waals surface area (Å²) in [7, 11) is 1.57. The van der Waals surface area contributed by atoms with Gasteiger partial charge in [0, 0.05) is 5.39 Å². The second-order valence-electron chi connectivity index (χ2n) is 4.92. The van der Waals surface area contributed by atoms with E-state index >= 15 is 0 Å². The number of benzene rings is 2. The zero-order chi connectivity index (χ0) is 16.9. The lowest BCUT2D eigenvalue weighted by atomic mass is 10.1. The lowest BCUT2D eigenvalue weighted by Gasteiger charge is -2.03. The van der Waals surface area contributed by atoms with Crippen molar-refractivity contribution in [3.05, 3.63) is 70.1 Å². The molecule has 0 aliphatic heterocycles. The number of aromatic nitrogens is 2. The van der Waals surface area contributed by atoms with Gasteiger partial charge in [0.05, 0.1) is 18.7 Å². The van der Waals surface area contributed by atoms with E-state index in [0.29, 0.717) is 16.5 Å². The van der Waals surface area contributed by atoms with Gasteiger partial charge in [0.25, 0.3) is 11.5 Å². The van der Waals surface area contributed by atoms with E-state index in [0.717, 1.165) is 5.56 Å². The molecule has 0 aliphatic carbocycles. The molecule has 0 unspecified atom stereocenters. The largest absolute Gasteiger partial charge is 0.497 e. The Hall–Kier alpha value is -3.48. The zero-order valence-electron chi connectivity index (χ0n) is 12.8. The van der Waals surface area contributed by atoms with Crippen LogP contribution in [0.3, 0.4) is 0 Å². The average molecular weight is 322 g/mol. The molecule has 0 fully saturated rings. The molecule has 1 amide bonds. The third-order valence-electron chi connectivity index (χ3n) is 3.38. The van der Waals surface area contributed by atoms with E-state index in [1.165, 1.54) is 6.21 Å². The van der Waals surface area contributed by atoms with Crippen LogP contribution in [0.5, 0.6) is 5.75 Å². The van der Waals surface area contributed by atoms with Crippen LogP contribution in [0.4, 0.5) is 0 Å². The molecule has 0 radical (unpaired) electrons. The summed E-state index contributed by atoms with van der Waals surface area (Å²) >= 11 is 0. The number of H-pyrrole nitrogens is 1. The lowest BCUT2D eigenvalue weighted by molar-refractivity contribution is 0.0951. The lowest BCUT2D eigenvalue weighted by Crippen LogP contribution is -2.22. The number of hydrogen-bond acceptors (Lipinski definition) is 5. The van der Waals surface area contributed by atoms with E-state index in [4.69, 9.17) is 4.74 Å². The number of carbonyl (C=O) groups excluding carboxylic acids is 1. The van der Waals surface area contributed by atoms with Crippen molar-refractivity contribution >= 4 is 22.9 Å². The van der Waals surface area contributed by atoms with Gasteiger partial charge in [-0.1, -0.05) is 30.3 Å². The Labute approximate surface area is 137 Å². The third-order valence-corrected chi connectivity index (χ3v) is 3.38. The fraction of sp³-hybridized carbons (Fsp3) is 0.0588. The number of methoxy groups -OCH3 is 1. The van der Waals surface area contributed by atoms with Crippen molar-refractivity contribution in [1.29, 1.82) is 0 Å². The van der Waals surface area contributed by atoms with Gasteiger partial charge in [-0.3, -0.25) is 9.59 Å². The van der Waals surface area contributed by atoms with E-state index in [9.17, 15) is 9.59 Å². The Bertz CT molecular complexity index is 979. The number of nitrogens with zero attached hydrogens (tertiary/aromatic N) is 2. The summed E-state index contributed by atoms with van der Waals surface area (Å²) in [6.45, 7) is 0. The Morgan fingerprint density at radius 2 is 2.00 bits per heavy atom. The third kappa shape index (κ3) is 3.14. The first-order valence-electron chi connectivity index (χ1n) is 7.14. The molecule has 2 N–H and O–H groups in total. The number of fused-ring (bicyclic) bond motifs is 1. The maximum atomic E-state index is 12.2. The molecular formula is C17H14N4O3. The summed E-state index contributed by atoms with van der Waals surface area (Å²) in [5.74, 6) is 0.181. The van der Waals surface area contributed by atoms with Gasteiger partial charge in [-0.15, -0.1) is 0 Å². The van der Waals surface area contributed by atoms with Gasteiger partial charge < -0.3 is 4.74 Å². The minimum Gasteiger partial charge on any atom is -0.497 e. The van der Waals surface area contributed by atoms with Gasteiger partial charge in [-0.05, 0) is 23.8 Å². The number of hydrogen-bond donors (Lipinski definition) is 2. The second kappa shape index (κ2) is 6.74. The SMILES string of the molecule is COc1cccc(/C=N\NC(=O)c2n[nH]c(=O)c3ccccc23)c1. The summed E-state index contributed by atoms with van der Waals surface area (Å²) in [5.41, 5.74) is 2.93. The van der Waals surface area contributed by atoms with Crippen LogP contribution in [0.25, 0.3) is 10.8 Å². The first kappa shape index (κ1) is 15.4. The van der Waals surface area contributed by atoms with Gasteiger partial charge in [-0.25, -0.2) is 10.5 Å². The first-order chi connectivity index (χ1) is 11.7. The monoisotopic (exact) mass is 322 g/mol. The standard InChI is InChI=1S/C17H14N4O3/c1-24-12-6-4-5-11(9-12)10-18-20-17(23)15-13-7-2-3-8-14(13)16(22)21-19-15/h2-10H,1H3,(H,20,23)(H,21,22)/b18-10-. The minimum absolute atomic E-state index is 0.105. The number of nitrogens with one attached hydrogen (secondary N) is 2. The highest BCUT2D eigenvalue weighted by atomic mass is 16.5. The number of amides is 1. The highest BCUT2D eigenvalue weighted by Crippen LogP contribution is 2.12. The van der Waals surface area contributed by atoms with Gasteiger partial charge in [0.15, 0.2) is 5.69 Å². The Morgan fingerprint density at radius 3 is 2.79 bits per heavy atom. The molecular weight excluding hydrogens is 308 g/mol. The normalized spacial score (nSPS) is 10.9. The summed E-state index contributed by atoms with van der Waals surface area (Å²) in [6.07, 6.45) is 1.49. The number of hydrazone groups is 1. The van der Waals surface area contributed by atoms with Crippen LogP contribution in [-0.2, 0) is 0 Å². The molecule has 24 heavy (non-hydrogen) atoms. The summed E-state index contributed by atoms with van der Waals surface area (Å²) < 4.78 is 5.12. The van der Waals surface area contributed by atoms with Crippen molar-refractivity contribution < 1.29 is 9.53 Å². The molecule has 7 heteroatoms. The Balaban J connectivity index is 1.82. The van der Waals surface area contributed by atoms with Crippen LogP contribution in [0, 0.1) is 0 Å². The van der Waals surface area contributed by atoms with Crippen LogP contribution in [0.1, 0.15) is 16.1 Å². The molecule has 0 bridgehead atoms. The molecule has 0 saturated heterocycles. The molecule has 120 valence electrons. The van der Waals surface area contributed by atoms with Crippen molar-refractivity contribution in [2.75, 3.05) is 7.11 Å². The maximum absolute atomic E-state index is 12.2. The van der Waals surface area contributed by atoms with Crippen LogP contribution in [0.2, 0.25) is 0 Å². The molecule has 2 aromatic carbocycles. The molecule has 1 aromatic heterocycles. The van der Waals surface area contributed by atoms with Gasteiger partial charge >= 0.3 is 0 Å². The van der Waals surface area contributed by atoms with E-state index in [2.05, 4.69) is 20.7 Å². The fourth-order valence-corrected chi connectivity index (χ4v) is 2.23. The number of rotatable bonds is 4. The van der Waals surface area contributed by atoms with E-state index in [1.54, 1.807) is 37.4 Å². The molecule has 0 saturated carbocycles. The van der Waals surface area contributed by atoms with E-state index in [-0.39, 0.29) is 11.3 Å². The van der Waals surface area contributed by atoms with E-state index in [1.807, 2.05) is 18.2 Å². The average Bonchev–Trinajstić information content (AvgIpc) is 2.62. The zero-order valence-corrected chi connectivity index (χ0v) is 12.8. The van der Waals surface area contributed by atoms with Crippen LogP contribution >= 0.6 is 0 Å². The highest BCUT2D eigenvalue weighted by Gasteiger charge is 2.12. The van der Waals surface area contributed by atoms with Crippen molar-refractivity contribution in [3.63, 3.8) is 0 Å². The molecule has 0 atom stereocenters. The minimum atomic E-state index is -0.512. The predicted molar refractivity (Wildman–Crippen MR) is 90.4 cm³/mol. The van der Waals surface area contributed by atoms with Gasteiger partial charge in [0.2, 0.25) is 0 Å². The van der Waals surface area contributed by atoms with Crippen molar-refractivity contribution in [1.82, 2.24) is 15.6 Å². The van der Waals surface area contributed by atoms with Gasteiger partial charge in [0.1, 0.15) is 5.75 Å². The quantitative estimate of drug-likeness (QED) is 0.564. The summed E-state index contributed by atoms with van der Waals surface area (Å²) in [4.78, 5) is 24.0. The van der Waals surface area contributed by atoms with Crippen molar-refractivity contribution in [3.8, 4) is 5.75 Å². The molecule has 7 nitrogen and oxygen atoms in total. The van der Waals surface area contributed by atoms with Crippen LogP contribution in [0.15, 0.2) is 58.4 Å². The first-order valence-corrected chi connectivity index (χ1v) is 7.14. The van der Waals surface area contributed by atoms with Crippen LogP contribution in [-0.4, -0.2) is 29.4 Å². The second-order valence-corrected chi connectivity index (χ2v) is 4.92. The molecule has 3 aromatic rings.